The SMILES string of the molecule is COc1ccccc1OCCOc1ccc(Br)cc1/C=C1\SC(N)=NC1=O. The molecular weight excluding hydrogens is 432 g/mol. The summed E-state index contributed by atoms with van der Waals surface area (Å²) in [5.41, 5.74) is 6.35. The van der Waals surface area contributed by atoms with E-state index in [-0.39, 0.29) is 11.1 Å². The first-order chi connectivity index (χ1) is 13.1. The molecule has 0 unspecified atom stereocenters. The van der Waals surface area contributed by atoms with E-state index in [1.54, 1.807) is 13.2 Å². The van der Waals surface area contributed by atoms with Crippen LogP contribution < -0.4 is 19.9 Å². The summed E-state index contributed by atoms with van der Waals surface area (Å²) in [6.45, 7) is 0.672. The number of amides is 1. The van der Waals surface area contributed by atoms with Gasteiger partial charge in [0, 0.05) is 10.0 Å². The van der Waals surface area contributed by atoms with Gasteiger partial charge in [-0.1, -0.05) is 28.1 Å². The zero-order valence-corrected chi connectivity index (χ0v) is 16.9. The number of hydrogen-bond donors (Lipinski definition) is 1. The number of benzene rings is 2. The number of aliphatic imine (C=N–C) groups is 1. The maximum Gasteiger partial charge on any atom is 0.286 e. The third-order valence-corrected chi connectivity index (χ3v) is 4.87. The lowest BCUT2D eigenvalue weighted by molar-refractivity contribution is -0.113. The second-order valence-corrected chi connectivity index (χ2v) is 7.37. The summed E-state index contributed by atoms with van der Waals surface area (Å²) in [5.74, 6) is 1.61. The van der Waals surface area contributed by atoms with Gasteiger partial charge in [0.2, 0.25) is 0 Å². The van der Waals surface area contributed by atoms with Crippen LogP contribution in [0.3, 0.4) is 0 Å². The number of carbonyl (C=O) groups is 1. The van der Waals surface area contributed by atoms with Crippen molar-refractivity contribution >= 4 is 44.8 Å². The van der Waals surface area contributed by atoms with Crippen molar-refractivity contribution in [3.05, 3.63) is 57.4 Å². The minimum Gasteiger partial charge on any atom is -0.493 e. The van der Waals surface area contributed by atoms with Gasteiger partial charge in [0.05, 0.1) is 12.0 Å². The lowest BCUT2D eigenvalue weighted by Crippen LogP contribution is -2.10. The molecule has 0 atom stereocenters. The van der Waals surface area contributed by atoms with E-state index in [4.69, 9.17) is 19.9 Å². The third kappa shape index (κ3) is 5.05. The highest BCUT2D eigenvalue weighted by atomic mass is 79.9. The second kappa shape index (κ2) is 8.96. The summed E-state index contributed by atoms with van der Waals surface area (Å²) in [7, 11) is 1.60. The van der Waals surface area contributed by atoms with Crippen LogP contribution in [0.15, 0.2) is 56.8 Å². The molecule has 0 radical (unpaired) electrons. The Morgan fingerprint density at radius 2 is 1.81 bits per heavy atom. The summed E-state index contributed by atoms with van der Waals surface area (Å²) in [6, 6.07) is 13.0. The van der Waals surface area contributed by atoms with Crippen molar-refractivity contribution in [3.8, 4) is 17.2 Å². The molecule has 0 bridgehead atoms. The van der Waals surface area contributed by atoms with Gasteiger partial charge in [0.1, 0.15) is 19.0 Å². The van der Waals surface area contributed by atoms with Crippen LogP contribution in [0.1, 0.15) is 5.56 Å². The van der Waals surface area contributed by atoms with Gasteiger partial charge in [-0.2, -0.15) is 4.99 Å². The molecule has 1 aliphatic heterocycles. The average molecular weight is 449 g/mol. The Morgan fingerprint density at radius 3 is 2.48 bits per heavy atom. The maximum atomic E-state index is 11.8. The largest absolute Gasteiger partial charge is 0.493 e. The number of para-hydroxylation sites is 2. The van der Waals surface area contributed by atoms with Crippen LogP contribution >= 0.6 is 27.7 Å². The van der Waals surface area contributed by atoms with Gasteiger partial charge in [0.15, 0.2) is 16.7 Å². The topological polar surface area (TPSA) is 83.1 Å². The summed E-state index contributed by atoms with van der Waals surface area (Å²) in [4.78, 5) is 16.0. The normalized spacial score (nSPS) is 15.0. The van der Waals surface area contributed by atoms with Crippen molar-refractivity contribution < 1.29 is 19.0 Å². The number of nitrogens with two attached hydrogens (primary N) is 1. The van der Waals surface area contributed by atoms with Crippen molar-refractivity contribution in [2.45, 2.75) is 0 Å². The van der Waals surface area contributed by atoms with Crippen LogP contribution in [0.4, 0.5) is 0 Å². The number of ether oxygens (including phenoxy) is 3. The molecule has 1 amide bonds. The number of methoxy groups -OCH3 is 1. The van der Waals surface area contributed by atoms with Gasteiger partial charge in [-0.3, -0.25) is 4.79 Å². The summed E-state index contributed by atoms with van der Waals surface area (Å²) < 4.78 is 17.7. The second-order valence-electron chi connectivity index (χ2n) is 5.40. The van der Waals surface area contributed by atoms with E-state index in [1.807, 2.05) is 42.5 Å². The lowest BCUT2D eigenvalue weighted by Gasteiger charge is -2.13. The number of rotatable bonds is 7. The van der Waals surface area contributed by atoms with Crippen LogP contribution in [0.2, 0.25) is 0 Å². The van der Waals surface area contributed by atoms with Crippen LogP contribution in [0, 0.1) is 0 Å². The van der Waals surface area contributed by atoms with E-state index in [0.29, 0.717) is 35.4 Å². The molecule has 8 heteroatoms. The molecule has 0 saturated heterocycles. The van der Waals surface area contributed by atoms with E-state index < -0.39 is 0 Å². The summed E-state index contributed by atoms with van der Waals surface area (Å²) in [5, 5.41) is 0.244. The van der Waals surface area contributed by atoms with E-state index in [9.17, 15) is 4.79 Å². The molecule has 1 aliphatic rings. The first kappa shape index (κ1) is 19.3. The molecule has 0 saturated carbocycles. The highest BCUT2D eigenvalue weighted by molar-refractivity contribution is 9.10. The summed E-state index contributed by atoms with van der Waals surface area (Å²) in [6.07, 6.45) is 1.72. The number of thioether (sulfide) groups is 1. The zero-order valence-electron chi connectivity index (χ0n) is 14.5. The number of carbonyl (C=O) groups excluding carboxylic acids is 1. The maximum absolute atomic E-state index is 11.8. The van der Waals surface area contributed by atoms with E-state index in [1.165, 1.54) is 0 Å². The van der Waals surface area contributed by atoms with Gasteiger partial charge in [-0.05, 0) is 48.2 Å². The number of nitrogens with zero attached hydrogens (tertiary/aromatic N) is 1. The first-order valence-electron chi connectivity index (χ1n) is 8.03. The van der Waals surface area contributed by atoms with Crippen molar-refractivity contribution in [1.82, 2.24) is 0 Å². The number of halogens is 1. The standard InChI is InChI=1S/C19H17BrN2O4S/c1-24-15-4-2-3-5-16(15)26-9-8-25-14-7-6-13(20)10-12(14)11-17-18(23)22-19(21)27-17/h2-7,10-11H,8-9H2,1H3,(H2,21,22,23)/b17-11-. The first-order valence-corrected chi connectivity index (χ1v) is 9.64. The van der Waals surface area contributed by atoms with Gasteiger partial charge < -0.3 is 19.9 Å². The van der Waals surface area contributed by atoms with E-state index in [2.05, 4.69) is 20.9 Å². The quantitative estimate of drug-likeness (QED) is 0.511. The van der Waals surface area contributed by atoms with Gasteiger partial charge in [0.25, 0.3) is 5.91 Å². The van der Waals surface area contributed by atoms with Crippen LogP contribution in [0.5, 0.6) is 17.2 Å². The fourth-order valence-corrected chi connectivity index (χ4v) is 3.42. The Kier molecular flexibility index (Phi) is 6.41. The minimum absolute atomic E-state index is 0.244. The van der Waals surface area contributed by atoms with Gasteiger partial charge >= 0.3 is 0 Å². The number of amidine groups is 1. The zero-order chi connectivity index (χ0) is 19.2. The molecule has 27 heavy (non-hydrogen) atoms. The van der Waals surface area contributed by atoms with Crippen molar-refractivity contribution in [1.29, 1.82) is 0 Å². The fourth-order valence-electron chi connectivity index (χ4n) is 2.37. The smallest absolute Gasteiger partial charge is 0.286 e. The average Bonchev–Trinajstić information content (AvgIpc) is 2.97. The molecule has 3 rings (SSSR count). The van der Waals surface area contributed by atoms with Gasteiger partial charge in [-0.25, -0.2) is 0 Å². The van der Waals surface area contributed by atoms with Crippen LogP contribution in [-0.4, -0.2) is 31.4 Å². The molecule has 2 aromatic carbocycles. The lowest BCUT2D eigenvalue weighted by atomic mass is 10.2. The van der Waals surface area contributed by atoms with E-state index in [0.717, 1.165) is 21.8 Å². The Bertz CT molecular complexity index is 914. The fraction of sp³-hybridized carbons (Fsp3) is 0.158. The molecule has 140 valence electrons. The molecule has 0 fully saturated rings. The highest BCUT2D eigenvalue weighted by Gasteiger charge is 2.20. The molecule has 0 aliphatic carbocycles. The van der Waals surface area contributed by atoms with Gasteiger partial charge in [-0.15, -0.1) is 0 Å². The van der Waals surface area contributed by atoms with Crippen LogP contribution in [0.25, 0.3) is 6.08 Å². The molecule has 0 spiro atoms. The van der Waals surface area contributed by atoms with Crippen LogP contribution in [-0.2, 0) is 4.79 Å². The molecule has 2 N–H and O–H groups in total. The third-order valence-electron chi connectivity index (χ3n) is 3.56. The Morgan fingerprint density at radius 1 is 1.11 bits per heavy atom. The molecule has 6 nitrogen and oxygen atoms in total. The molecule has 2 aromatic rings. The minimum atomic E-state index is -0.345. The monoisotopic (exact) mass is 448 g/mol. The Labute approximate surface area is 169 Å². The predicted octanol–water partition coefficient (Wildman–Crippen LogP) is 3.84. The molecule has 1 heterocycles. The molecule has 0 aromatic heterocycles. The number of hydrogen-bond acceptors (Lipinski definition) is 6. The van der Waals surface area contributed by atoms with Crippen molar-refractivity contribution in [2.24, 2.45) is 10.7 Å². The predicted molar refractivity (Wildman–Crippen MR) is 110 cm³/mol. The van der Waals surface area contributed by atoms with Crippen molar-refractivity contribution in [2.75, 3.05) is 20.3 Å². The summed E-state index contributed by atoms with van der Waals surface area (Å²) >= 11 is 4.58. The Hall–Kier alpha value is -2.45. The molecular formula is C19H17BrN2O4S. The Balaban J connectivity index is 1.65. The highest BCUT2D eigenvalue weighted by Crippen LogP contribution is 2.31. The van der Waals surface area contributed by atoms with Crippen molar-refractivity contribution in [3.63, 3.8) is 0 Å². The van der Waals surface area contributed by atoms with E-state index >= 15 is 0 Å².